The quantitative estimate of drug-likeness (QED) is 0.833. The van der Waals surface area contributed by atoms with Crippen LogP contribution in [0.5, 0.6) is 5.75 Å². The van der Waals surface area contributed by atoms with Crippen molar-refractivity contribution in [3.8, 4) is 5.75 Å². The number of hydrogen-bond donors (Lipinski definition) is 1. The third kappa shape index (κ3) is 3.45. The SMILES string of the molecule is Oc1ccc(N2CCC(c3cc(Cl)cc(Cl)c3)CC2)cc1. The number of rotatable bonds is 2. The summed E-state index contributed by atoms with van der Waals surface area (Å²) >= 11 is 12.2. The fourth-order valence-corrected chi connectivity index (χ4v) is 3.49. The van der Waals surface area contributed by atoms with Crippen LogP contribution in [0.25, 0.3) is 0 Å². The van der Waals surface area contributed by atoms with E-state index < -0.39 is 0 Å². The predicted octanol–water partition coefficient (Wildman–Crippen LogP) is 5.08. The molecule has 1 aliphatic heterocycles. The first kappa shape index (κ1) is 14.6. The van der Waals surface area contributed by atoms with Crippen molar-refractivity contribution < 1.29 is 5.11 Å². The zero-order valence-electron chi connectivity index (χ0n) is 11.6. The lowest BCUT2D eigenvalue weighted by Gasteiger charge is -2.34. The maximum absolute atomic E-state index is 9.35. The van der Waals surface area contributed by atoms with Crippen molar-refractivity contribution in [1.29, 1.82) is 0 Å². The van der Waals surface area contributed by atoms with E-state index >= 15 is 0 Å². The van der Waals surface area contributed by atoms with Gasteiger partial charge in [0.05, 0.1) is 0 Å². The highest BCUT2D eigenvalue weighted by Crippen LogP contribution is 2.33. The van der Waals surface area contributed by atoms with Gasteiger partial charge in [-0.05, 0) is 66.8 Å². The number of anilines is 1. The van der Waals surface area contributed by atoms with Crippen molar-refractivity contribution in [1.82, 2.24) is 0 Å². The van der Waals surface area contributed by atoms with Crippen LogP contribution in [0.1, 0.15) is 24.3 Å². The molecule has 2 aromatic carbocycles. The van der Waals surface area contributed by atoms with E-state index in [0.29, 0.717) is 21.7 Å². The smallest absolute Gasteiger partial charge is 0.115 e. The van der Waals surface area contributed by atoms with Crippen LogP contribution < -0.4 is 4.90 Å². The van der Waals surface area contributed by atoms with Crippen LogP contribution in [-0.4, -0.2) is 18.2 Å². The van der Waals surface area contributed by atoms with Gasteiger partial charge in [0.2, 0.25) is 0 Å². The third-order valence-electron chi connectivity index (χ3n) is 4.07. The number of piperidine rings is 1. The second-order valence-electron chi connectivity index (χ2n) is 5.48. The lowest BCUT2D eigenvalue weighted by atomic mass is 9.89. The average molecular weight is 322 g/mol. The van der Waals surface area contributed by atoms with Gasteiger partial charge in [-0.15, -0.1) is 0 Å². The lowest BCUT2D eigenvalue weighted by Crippen LogP contribution is -2.32. The van der Waals surface area contributed by atoms with Crippen molar-refractivity contribution in [2.75, 3.05) is 18.0 Å². The molecule has 4 heteroatoms. The van der Waals surface area contributed by atoms with Gasteiger partial charge in [0.1, 0.15) is 5.75 Å². The minimum absolute atomic E-state index is 0.308. The summed E-state index contributed by atoms with van der Waals surface area (Å²) < 4.78 is 0. The number of phenolic OH excluding ortho intramolecular Hbond substituents is 1. The van der Waals surface area contributed by atoms with Gasteiger partial charge in [-0.3, -0.25) is 0 Å². The van der Waals surface area contributed by atoms with Crippen molar-refractivity contribution in [3.05, 3.63) is 58.1 Å². The summed E-state index contributed by atoms with van der Waals surface area (Å²) in [6, 6.07) is 13.2. The van der Waals surface area contributed by atoms with Crippen LogP contribution in [-0.2, 0) is 0 Å². The Morgan fingerprint density at radius 2 is 1.48 bits per heavy atom. The zero-order chi connectivity index (χ0) is 14.8. The van der Waals surface area contributed by atoms with E-state index in [1.807, 2.05) is 24.3 Å². The molecule has 1 fully saturated rings. The molecular weight excluding hydrogens is 305 g/mol. The van der Waals surface area contributed by atoms with E-state index in [-0.39, 0.29) is 0 Å². The first-order chi connectivity index (χ1) is 10.1. The van der Waals surface area contributed by atoms with Gasteiger partial charge in [0, 0.05) is 28.8 Å². The Balaban J connectivity index is 1.68. The molecule has 2 aromatic rings. The standard InChI is InChI=1S/C17H17Cl2NO/c18-14-9-13(10-15(19)11-14)12-5-7-20(8-6-12)16-1-3-17(21)4-2-16/h1-4,9-12,21H,5-8H2. The Labute approximate surface area is 134 Å². The molecular formula is C17H17Cl2NO. The molecule has 2 nitrogen and oxygen atoms in total. The Bertz CT molecular complexity index is 599. The third-order valence-corrected chi connectivity index (χ3v) is 4.50. The van der Waals surface area contributed by atoms with Gasteiger partial charge >= 0.3 is 0 Å². The number of hydrogen-bond acceptors (Lipinski definition) is 2. The maximum Gasteiger partial charge on any atom is 0.115 e. The van der Waals surface area contributed by atoms with E-state index in [1.54, 1.807) is 18.2 Å². The number of halogens is 2. The van der Waals surface area contributed by atoms with Crippen molar-refractivity contribution in [3.63, 3.8) is 0 Å². The van der Waals surface area contributed by atoms with Gasteiger partial charge in [0.15, 0.2) is 0 Å². The fraction of sp³-hybridized carbons (Fsp3) is 0.294. The molecule has 1 saturated heterocycles. The molecule has 0 saturated carbocycles. The maximum atomic E-state index is 9.35. The van der Waals surface area contributed by atoms with Gasteiger partial charge in [-0.2, -0.15) is 0 Å². The number of aromatic hydroxyl groups is 1. The molecule has 0 aromatic heterocycles. The largest absolute Gasteiger partial charge is 0.508 e. The van der Waals surface area contributed by atoms with E-state index in [1.165, 1.54) is 5.56 Å². The van der Waals surface area contributed by atoms with Gasteiger partial charge in [-0.25, -0.2) is 0 Å². The van der Waals surface area contributed by atoms with Crippen LogP contribution >= 0.6 is 23.2 Å². The molecule has 1 heterocycles. The Kier molecular flexibility index (Phi) is 4.27. The normalized spacial score (nSPS) is 16.2. The molecule has 1 aliphatic rings. The summed E-state index contributed by atoms with van der Waals surface area (Å²) in [6.07, 6.45) is 2.16. The first-order valence-corrected chi connectivity index (χ1v) is 7.87. The molecule has 110 valence electrons. The van der Waals surface area contributed by atoms with Crippen LogP contribution in [0.3, 0.4) is 0 Å². The summed E-state index contributed by atoms with van der Waals surface area (Å²) in [5, 5.41) is 10.8. The van der Waals surface area contributed by atoms with Gasteiger partial charge in [0.25, 0.3) is 0 Å². The zero-order valence-corrected chi connectivity index (χ0v) is 13.1. The fourth-order valence-electron chi connectivity index (χ4n) is 2.95. The molecule has 1 N–H and O–H groups in total. The summed E-state index contributed by atoms with van der Waals surface area (Å²) in [7, 11) is 0. The summed E-state index contributed by atoms with van der Waals surface area (Å²) in [5.74, 6) is 0.816. The molecule has 21 heavy (non-hydrogen) atoms. The molecule has 0 radical (unpaired) electrons. The van der Waals surface area contributed by atoms with Crippen molar-refractivity contribution in [2.24, 2.45) is 0 Å². The second-order valence-corrected chi connectivity index (χ2v) is 6.35. The molecule has 0 bridgehead atoms. The molecule has 0 spiro atoms. The van der Waals surface area contributed by atoms with E-state index in [0.717, 1.165) is 31.6 Å². The first-order valence-electron chi connectivity index (χ1n) is 7.12. The summed E-state index contributed by atoms with van der Waals surface area (Å²) in [5.41, 5.74) is 2.40. The van der Waals surface area contributed by atoms with Gasteiger partial charge in [-0.1, -0.05) is 23.2 Å². The van der Waals surface area contributed by atoms with E-state index in [2.05, 4.69) is 4.90 Å². The number of benzene rings is 2. The lowest BCUT2D eigenvalue weighted by molar-refractivity contribution is 0.474. The minimum Gasteiger partial charge on any atom is -0.508 e. The van der Waals surface area contributed by atoms with Gasteiger partial charge < -0.3 is 10.0 Å². The van der Waals surface area contributed by atoms with Crippen molar-refractivity contribution >= 4 is 28.9 Å². The van der Waals surface area contributed by atoms with Crippen LogP contribution in [0.2, 0.25) is 10.0 Å². The Morgan fingerprint density at radius 3 is 2.05 bits per heavy atom. The highest BCUT2D eigenvalue weighted by Gasteiger charge is 2.21. The predicted molar refractivity (Wildman–Crippen MR) is 88.8 cm³/mol. The van der Waals surface area contributed by atoms with E-state index in [9.17, 15) is 5.11 Å². The van der Waals surface area contributed by atoms with Crippen molar-refractivity contribution in [2.45, 2.75) is 18.8 Å². The highest BCUT2D eigenvalue weighted by atomic mass is 35.5. The number of phenols is 1. The molecule has 0 aliphatic carbocycles. The Morgan fingerprint density at radius 1 is 0.905 bits per heavy atom. The van der Waals surface area contributed by atoms with Crippen LogP contribution in [0.15, 0.2) is 42.5 Å². The molecule has 0 amide bonds. The summed E-state index contributed by atoms with van der Waals surface area (Å²) in [4.78, 5) is 2.35. The molecule has 0 atom stereocenters. The summed E-state index contributed by atoms with van der Waals surface area (Å²) in [6.45, 7) is 2.00. The molecule has 3 rings (SSSR count). The monoisotopic (exact) mass is 321 g/mol. The topological polar surface area (TPSA) is 23.5 Å². The van der Waals surface area contributed by atoms with Crippen LogP contribution in [0, 0.1) is 0 Å². The highest BCUT2D eigenvalue weighted by molar-refractivity contribution is 6.34. The minimum atomic E-state index is 0.308. The average Bonchev–Trinajstić information content (AvgIpc) is 2.47. The molecule has 0 unspecified atom stereocenters. The second kappa shape index (κ2) is 6.17. The van der Waals surface area contributed by atoms with E-state index in [4.69, 9.17) is 23.2 Å². The van der Waals surface area contributed by atoms with Crippen LogP contribution in [0.4, 0.5) is 5.69 Å². The Hall–Kier alpha value is -1.38. The number of nitrogens with zero attached hydrogens (tertiary/aromatic N) is 1.